The topological polar surface area (TPSA) is 69.6 Å². The maximum absolute atomic E-state index is 11.3. The summed E-state index contributed by atoms with van der Waals surface area (Å²) in [5, 5.41) is 11.2. The lowest BCUT2D eigenvalue weighted by Gasteiger charge is -2.13. The van der Waals surface area contributed by atoms with E-state index in [0.29, 0.717) is 24.6 Å². The molecule has 1 aliphatic heterocycles. The van der Waals surface area contributed by atoms with Gasteiger partial charge in [-0.3, -0.25) is 9.59 Å². The Hall–Kier alpha value is -0.750. The van der Waals surface area contributed by atoms with Crippen LogP contribution < -0.4 is 5.32 Å². The summed E-state index contributed by atoms with van der Waals surface area (Å²) in [5.74, 6) is 1.01. The van der Waals surface area contributed by atoms with E-state index in [0.717, 1.165) is 6.42 Å². The second-order valence-electron chi connectivity index (χ2n) is 3.35. The number of amides is 2. The molecule has 2 amide bonds. The Bertz CT molecular complexity index is 235. The molecule has 0 radical (unpaired) electrons. The monoisotopic (exact) mass is 232 g/mol. The summed E-state index contributed by atoms with van der Waals surface area (Å²) in [6.07, 6.45) is 1.46. The Balaban J connectivity index is 2.10. The van der Waals surface area contributed by atoms with E-state index in [1.807, 2.05) is 0 Å². The average molecular weight is 232 g/mol. The lowest BCUT2D eigenvalue weighted by Crippen LogP contribution is -2.38. The van der Waals surface area contributed by atoms with Crippen LogP contribution in [0, 0.1) is 0 Å². The molecule has 6 heteroatoms. The summed E-state index contributed by atoms with van der Waals surface area (Å²) in [7, 11) is 0. The van der Waals surface area contributed by atoms with E-state index in [9.17, 15) is 9.59 Å². The Morgan fingerprint density at radius 1 is 1.53 bits per heavy atom. The number of thioether (sulfide) groups is 1. The SMILES string of the molecule is O=C(CN1CSCC1=O)NCCCCO. The van der Waals surface area contributed by atoms with Gasteiger partial charge in [0.25, 0.3) is 0 Å². The van der Waals surface area contributed by atoms with Crippen molar-refractivity contribution in [3.63, 3.8) is 0 Å². The molecule has 5 nitrogen and oxygen atoms in total. The van der Waals surface area contributed by atoms with Gasteiger partial charge in [-0.15, -0.1) is 11.8 Å². The Kier molecular flexibility index (Phi) is 5.49. The maximum Gasteiger partial charge on any atom is 0.239 e. The zero-order valence-electron chi connectivity index (χ0n) is 8.57. The zero-order chi connectivity index (χ0) is 11.1. The summed E-state index contributed by atoms with van der Waals surface area (Å²) in [5.41, 5.74) is 0. The molecule has 1 fully saturated rings. The predicted octanol–water partition coefficient (Wildman–Crippen LogP) is -0.592. The van der Waals surface area contributed by atoms with Gasteiger partial charge in [-0.1, -0.05) is 0 Å². The minimum Gasteiger partial charge on any atom is -0.396 e. The van der Waals surface area contributed by atoms with Gasteiger partial charge in [-0.2, -0.15) is 0 Å². The molecule has 0 spiro atoms. The third-order valence-corrected chi connectivity index (χ3v) is 3.01. The third-order valence-electron chi connectivity index (χ3n) is 2.07. The molecule has 15 heavy (non-hydrogen) atoms. The van der Waals surface area contributed by atoms with Crippen molar-refractivity contribution in [2.24, 2.45) is 0 Å². The third kappa shape index (κ3) is 4.53. The average Bonchev–Trinajstić information content (AvgIpc) is 2.59. The molecular formula is C9H16N2O3S. The van der Waals surface area contributed by atoms with Gasteiger partial charge in [0.2, 0.25) is 11.8 Å². The van der Waals surface area contributed by atoms with Gasteiger partial charge < -0.3 is 15.3 Å². The number of unbranched alkanes of at least 4 members (excludes halogenated alkanes) is 1. The van der Waals surface area contributed by atoms with Crippen molar-refractivity contribution >= 4 is 23.6 Å². The van der Waals surface area contributed by atoms with Crippen molar-refractivity contribution in [3.8, 4) is 0 Å². The van der Waals surface area contributed by atoms with E-state index in [4.69, 9.17) is 5.11 Å². The summed E-state index contributed by atoms with van der Waals surface area (Å²) >= 11 is 1.53. The van der Waals surface area contributed by atoms with E-state index in [1.54, 1.807) is 4.90 Å². The number of rotatable bonds is 6. The fourth-order valence-corrected chi connectivity index (χ4v) is 2.14. The second kappa shape index (κ2) is 6.68. The molecule has 1 aliphatic rings. The minimum absolute atomic E-state index is 0.0329. The highest BCUT2D eigenvalue weighted by atomic mass is 32.2. The van der Waals surface area contributed by atoms with Crippen LogP contribution in [0.25, 0.3) is 0 Å². The molecule has 1 rings (SSSR count). The molecule has 0 atom stereocenters. The smallest absolute Gasteiger partial charge is 0.239 e. The summed E-state index contributed by atoms with van der Waals surface area (Å²) in [6.45, 7) is 0.872. The molecule has 1 saturated heterocycles. The quantitative estimate of drug-likeness (QED) is 0.600. The second-order valence-corrected chi connectivity index (χ2v) is 4.31. The maximum atomic E-state index is 11.3. The lowest BCUT2D eigenvalue weighted by molar-refractivity contribution is -0.132. The van der Waals surface area contributed by atoms with E-state index < -0.39 is 0 Å². The number of aliphatic hydroxyl groups is 1. The molecule has 0 saturated carbocycles. The van der Waals surface area contributed by atoms with Crippen LogP contribution in [-0.4, -0.2) is 53.1 Å². The summed E-state index contributed by atoms with van der Waals surface area (Å²) < 4.78 is 0. The fraction of sp³-hybridized carbons (Fsp3) is 0.778. The number of hydrogen-bond acceptors (Lipinski definition) is 4. The highest BCUT2D eigenvalue weighted by molar-refractivity contribution is 8.00. The molecule has 0 bridgehead atoms. The molecule has 0 aromatic carbocycles. The molecular weight excluding hydrogens is 216 g/mol. The van der Waals surface area contributed by atoms with Crippen LogP contribution in [0.3, 0.4) is 0 Å². The number of carbonyl (C=O) groups excluding carboxylic acids is 2. The van der Waals surface area contributed by atoms with Crippen LogP contribution in [0.1, 0.15) is 12.8 Å². The number of hydrogen-bond donors (Lipinski definition) is 2. The molecule has 86 valence electrons. The van der Waals surface area contributed by atoms with Crippen LogP contribution in [0.4, 0.5) is 0 Å². The van der Waals surface area contributed by atoms with Crippen molar-refractivity contribution in [1.82, 2.24) is 10.2 Å². The molecule has 0 aromatic rings. The van der Waals surface area contributed by atoms with Crippen LogP contribution >= 0.6 is 11.8 Å². The van der Waals surface area contributed by atoms with E-state index in [2.05, 4.69) is 5.32 Å². The first-order chi connectivity index (χ1) is 7.24. The fourth-order valence-electron chi connectivity index (χ4n) is 1.23. The van der Waals surface area contributed by atoms with Gasteiger partial charge in [-0.05, 0) is 12.8 Å². The molecule has 0 unspecified atom stereocenters. The van der Waals surface area contributed by atoms with Crippen LogP contribution in [0.15, 0.2) is 0 Å². The number of nitrogens with one attached hydrogen (secondary N) is 1. The van der Waals surface area contributed by atoms with Crippen LogP contribution in [0.5, 0.6) is 0 Å². The van der Waals surface area contributed by atoms with Crippen molar-refractivity contribution in [1.29, 1.82) is 0 Å². The molecule has 2 N–H and O–H groups in total. The molecule has 0 aliphatic carbocycles. The Morgan fingerprint density at radius 3 is 2.93 bits per heavy atom. The van der Waals surface area contributed by atoms with E-state index >= 15 is 0 Å². The van der Waals surface area contributed by atoms with Crippen molar-refractivity contribution in [2.75, 3.05) is 31.3 Å². The van der Waals surface area contributed by atoms with Crippen LogP contribution in [-0.2, 0) is 9.59 Å². The van der Waals surface area contributed by atoms with Gasteiger partial charge in [0.15, 0.2) is 0 Å². The van der Waals surface area contributed by atoms with Crippen molar-refractivity contribution in [3.05, 3.63) is 0 Å². The van der Waals surface area contributed by atoms with Gasteiger partial charge in [0, 0.05) is 13.2 Å². The number of aliphatic hydroxyl groups excluding tert-OH is 1. The largest absolute Gasteiger partial charge is 0.396 e. The van der Waals surface area contributed by atoms with Gasteiger partial charge in [0.05, 0.1) is 11.6 Å². The normalized spacial score (nSPS) is 15.8. The molecule has 0 aromatic heterocycles. The van der Waals surface area contributed by atoms with E-state index in [1.165, 1.54) is 11.8 Å². The predicted molar refractivity (Wildman–Crippen MR) is 58.4 cm³/mol. The van der Waals surface area contributed by atoms with Gasteiger partial charge in [-0.25, -0.2) is 0 Å². The highest BCUT2D eigenvalue weighted by Gasteiger charge is 2.22. The van der Waals surface area contributed by atoms with E-state index in [-0.39, 0.29) is 25.0 Å². The standard InChI is InChI=1S/C9H16N2O3S/c12-4-2-1-3-10-8(13)5-11-7-15-6-9(11)14/h12H,1-7H2,(H,10,13). The first-order valence-corrected chi connectivity index (χ1v) is 6.12. The minimum atomic E-state index is -0.121. The highest BCUT2D eigenvalue weighted by Crippen LogP contribution is 2.13. The number of carbonyl (C=O) groups is 2. The van der Waals surface area contributed by atoms with Crippen molar-refractivity contribution in [2.45, 2.75) is 12.8 Å². The Labute approximate surface area is 93.2 Å². The van der Waals surface area contributed by atoms with Crippen LogP contribution in [0.2, 0.25) is 0 Å². The van der Waals surface area contributed by atoms with Gasteiger partial charge >= 0.3 is 0 Å². The summed E-state index contributed by atoms with van der Waals surface area (Å²) in [6, 6.07) is 0. The molecule has 1 heterocycles. The van der Waals surface area contributed by atoms with Crippen molar-refractivity contribution < 1.29 is 14.7 Å². The van der Waals surface area contributed by atoms with Gasteiger partial charge in [0.1, 0.15) is 6.54 Å². The number of nitrogens with zero attached hydrogens (tertiary/aromatic N) is 1. The first kappa shape index (κ1) is 12.3. The summed E-state index contributed by atoms with van der Waals surface area (Å²) in [4.78, 5) is 24.1. The Morgan fingerprint density at radius 2 is 2.33 bits per heavy atom. The lowest BCUT2D eigenvalue weighted by atomic mass is 10.3. The first-order valence-electron chi connectivity index (χ1n) is 4.97. The zero-order valence-corrected chi connectivity index (χ0v) is 9.39.